The Morgan fingerprint density at radius 2 is 1.36 bits per heavy atom. The maximum atomic E-state index is 10.4. The fraction of sp³-hybridized carbons (Fsp3) is 0.286. The van der Waals surface area contributed by atoms with E-state index in [0.29, 0.717) is 41.7 Å². The van der Waals surface area contributed by atoms with Gasteiger partial charge in [0.1, 0.15) is 5.76 Å². The van der Waals surface area contributed by atoms with E-state index in [2.05, 4.69) is 4.98 Å². The van der Waals surface area contributed by atoms with Crippen LogP contribution in [-0.4, -0.2) is 46.2 Å². The molecule has 192 valence electrons. The molecular weight excluding hydrogens is 484 g/mol. The second-order valence-corrected chi connectivity index (χ2v) is 7.05. The van der Waals surface area contributed by atoms with E-state index in [9.17, 15) is 30.3 Å². The number of methoxy groups -OCH3 is 3. The number of nitro benzene ring substituents is 3. The van der Waals surface area contributed by atoms with Gasteiger partial charge in [0.05, 0.1) is 53.9 Å². The number of phenolic OH excluding ortho intramolecular Hbond substituents is 1. The number of aromatic nitrogens is 1. The third-order valence-corrected chi connectivity index (χ3v) is 4.75. The van der Waals surface area contributed by atoms with Gasteiger partial charge in [0, 0.05) is 13.3 Å². The normalized spacial score (nSPS) is 10.1. The monoisotopic (exact) mass is 506 g/mol. The van der Waals surface area contributed by atoms with Gasteiger partial charge in [-0.15, -0.1) is 0 Å². The van der Waals surface area contributed by atoms with Crippen molar-refractivity contribution in [1.82, 2.24) is 4.98 Å². The van der Waals surface area contributed by atoms with Gasteiger partial charge < -0.3 is 23.7 Å². The van der Waals surface area contributed by atoms with Crippen LogP contribution in [0.25, 0.3) is 0 Å². The molecule has 0 aliphatic heterocycles. The predicted molar refractivity (Wildman–Crippen MR) is 123 cm³/mol. The van der Waals surface area contributed by atoms with Crippen LogP contribution in [0.1, 0.15) is 22.9 Å². The molecule has 0 bridgehead atoms. The quantitative estimate of drug-likeness (QED) is 0.340. The first kappa shape index (κ1) is 27.3. The van der Waals surface area contributed by atoms with Crippen LogP contribution in [0.4, 0.5) is 17.1 Å². The first-order valence-electron chi connectivity index (χ1n) is 9.95. The highest BCUT2D eigenvalue weighted by Gasteiger charge is 2.30. The molecule has 1 N–H and O–H groups in total. The molecule has 0 saturated carbocycles. The number of benzene rings is 2. The zero-order valence-corrected chi connectivity index (χ0v) is 19.8. The fourth-order valence-corrected chi connectivity index (χ4v) is 3.14. The summed E-state index contributed by atoms with van der Waals surface area (Å²) in [4.78, 5) is 32.1. The molecule has 0 radical (unpaired) electrons. The summed E-state index contributed by atoms with van der Waals surface area (Å²) in [6.45, 7) is 3.75. The summed E-state index contributed by atoms with van der Waals surface area (Å²) in [7, 11) is 4.80. The van der Waals surface area contributed by atoms with Crippen molar-refractivity contribution >= 4 is 17.1 Å². The van der Waals surface area contributed by atoms with Gasteiger partial charge in [-0.25, -0.2) is 4.98 Å². The molecule has 0 atom stereocenters. The van der Waals surface area contributed by atoms with Gasteiger partial charge in [0.25, 0.3) is 11.4 Å². The molecular formula is C21H22N4O11. The van der Waals surface area contributed by atoms with Crippen LogP contribution in [-0.2, 0) is 6.42 Å². The summed E-state index contributed by atoms with van der Waals surface area (Å²) in [6.07, 6.45) is 0.653. The molecule has 0 amide bonds. The Labute approximate surface area is 203 Å². The molecule has 0 aliphatic carbocycles. The van der Waals surface area contributed by atoms with Gasteiger partial charge in [-0.3, -0.25) is 30.3 Å². The Kier molecular flexibility index (Phi) is 8.69. The summed E-state index contributed by atoms with van der Waals surface area (Å²) >= 11 is 0. The number of phenols is 1. The van der Waals surface area contributed by atoms with Gasteiger partial charge in [0.2, 0.25) is 5.75 Å². The second kappa shape index (κ2) is 11.5. The maximum Gasteiger partial charge on any atom is 0.324 e. The number of ether oxygens (including phenoxy) is 3. The van der Waals surface area contributed by atoms with Crippen molar-refractivity contribution in [3.05, 3.63) is 77.5 Å². The van der Waals surface area contributed by atoms with Gasteiger partial charge in [-0.1, -0.05) is 0 Å². The molecule has 0 unspecified atom stereocenters. The molecule has 3 aromatic rings. The zero-order chi connectivity index (χ0) is 27.2. The molecule has 0 saturated heterocycles. The second-order valence-electron chi connectivity index (χ2n) is 7.05. The van der Waals surface area contributed by atoms with Crippen molar-refractivity contribution in [2.75, 3.05) is 21.3 Å². The summed E-state index contributed by atoms with van der Waals surface area (Å²) in [5, 5.41) is 40.2. The Morgan fingerprint density at radius 3 is 1.69 bits per heavy atom. The minimum atomic E-state index is -1.21. The third-order valence-electron chi connectivity index (χ3n) is 4.75. The SMILES string of the molecule is COc1cc(Cc2nc(C)oc2C)cc(OC)c1OC.O=[N+]([O-])c1cc([N+](=O)[O-])c(O)c([N+](=O)[O-])c1. The highest BCUT2D eigenvalue weighted by molar-refractivity contribution is 5.64. The Hall–Kier alpha value is -4.95. The molecule has 36 heavy (non-hydrogen) atoms. The smallest absolute Gasteiger partial charge is 0.324 e. The highest BCUT2D eigenvalue weighted by atomic mass is 16.6. The van der Waals surface area contributed by atoms with Crippen molar-refractivity contribution in [2.45, 2.75) is 20.3 Å². The summed E-state index contributed by atoms with van der Waals surface area (Å²) in [5.74, 6) is 2.16. The van der Waals surface area contributed by atoms with Crippen LogP contribution >= 0.6 is 0 Å². The number of nitro groups is 3. The van der Waals surface area contributed by atoms with E-state index in [1.54, 1.807) is 21.3 Å². The minimum Gasteiger partial charge on any atom is -0.497 e. The molecule has 0 aliphatic rings. The van der Waals surface area contributed by atoms with E-state index in [-0.39, 0.29) is 0 Å². The predicted octanol–water partition coefficient (Wildman–Crippen LogP) is 4.02. The number of nitrogens with zero attached hydrogens (tertiary/aromatic N) is 4. The Balaban J connectivity index is 0.000000261. The highest BCUT2D eigenvalue weighted by Crippen LogP contribution is 2.40. The van der Waals surface area contributed by atoms with Crippen LogP contribution in [0.5, 0.6) is 23.0 Å². The summed E-state index contributed by atoms with van der Waals surface area (Å²) in [6, 6.07) is 4.74. The van der Waals surface area contributed by atoms with Gasteiger partial charge in [0.15, 0.2) is 17.4 Å². The number of aryl methyl sites for hydroxylation is 2. The van der Waals surface area contributed by atoms with Crippen molar-refractivity contribution < 1.29 is 38.5 Å². The van der Waals surface area contributed by atoms with Crippen LogP contribution in [0, 0.1) is 44.2 Å². The Bertz CT molecular complexity index is 1240. The van der Waals surface area contributed by atoms with Gasteiger partial charge in [-0.05, 0) is 24.6 Å². The molecule has 0 spiro atoms. The van der Waals surface area contributed by atoms with E-state index in [0.717, 1.165) is 17.0 Å². The van der Waals surface area contributed by atoms with Crippen molar-refractivity contribution in [3.8, 4) is 23.0 Å². The topological polar surface area (TPSA) is 203 Å². The standard InChI is InChI=1S/C15H19NO4.C6H3N3O7/c1-9-12(16-10(2)20-9)6-11-7-13(17-3)15(19-5)14(8-11)18-4;10-6-4(8(13)14)1-3(7(11)12)2-5(6)9(15)16/h7-8H,6H2,1-5H3;1-2,10H. The van der Waals surface area contributed by atoms with Crippen LogP contribution in [0.2, 0.25) is 0 Å². The first-order chi connectivity index (χ1) is 16.9. The lowest BCUT2D eigenvalue weighted by Gasteiger charge is -2.13. The molecule has 2 aromatic carbocycles. The zero-order valence-electron chi connectivity index (χ0n) is 19.8. The van der Waals surface area contributed by atoms with E-state index >= 15 is 0 Å². The van der Waals surface area contributed by atoms with E-state index < -0.39 is 37.6 Å². The van der Waals surface area contributed by atoms with Crippen LogP contribution in [0.15, 0.2) is 28.7 Å². The lowest BCUT2D eigenvalue weighted by Crippen LogP contribution is -1.98. The lowest BCUT2D eigenvalue weighted by molar-refractivity contribution is -0.404. The minimum absolute atomic E-state index is 0.447. The molecule has 0 fully saturated rings. The van der Waals surface area contributed by atoms with Crippen LogP contribution < -0.4 is 14.2 Å². The lowest BCUT2D eigenvalue weighted by atomic mass is 10.1. The summed E-state index contributed by atoms with van der Waals surface area (Å²) < 4.78 is 21.4. The van der Waals surface area contributed by atoms with E-state index in [1.807, 2.05) is 26.0 Å². The largest absolute Gasteiger partial charge is 0.497 e. The molecule has 1 heterocycles. The molecule has 3 rings (SSSR count). The van der Waals surface area contributed by atoms with Crippen LogP contribution in [0.3, 0.4) is 0 Å². The van der Waals surface area contributed by atoms with E-state index in [4.69, 9.17) is 23.7 Å². The Morgan fingerprint density at radius 1 is 0.861 bits per heavy atom. The fourth-order valence-electron chi connectivity index (χ4n) is 3.14. The first-order valence-corrected chi connectivity index (χ1v) is 9.95. The third kappa shape index (κ3) is 6.13. The number of oxazole rings is 1. The number of aromatic hydroxyl groups is 1. The van der Waals surface area contributed by atoms with Gasteiger partial charge >= 0.3 is 11.4 Å². The van der Waals surface area contributed by atoms with Crippen molar-refractivity contribution in [2.24, 2.45) is 0 Å². The summed E-state index contributed by atoms with van der Waals surface area (Å²) in [5.41, 5.74) is -1.06. The number of hydrogen-bond acceptors (Lipinski definition) is 12. The van der Waals surface area contributed by atoms with Crippen molar-refractivity contribution in [3.63, 3.8) is 0 Å². The maximum absolute atomic E-state index is 10.4. The van der Waals surface area contributed by atoms with Crippen molar-refractivity contribution in [1.29, 1.82) is 0 Å². The van der Waals surface area contributed by atoms with Gasteiger partial charge in [-0.2, -0.15) is 0 Å². The average molecular weight is 506 g/mol. The molecule has 15 nitrogen and oxygen atoms in total. The number of rotatable bonds is 8. The molecule has 1 aromatic heterocycles. The number of non-ortho nitro benzene ring substituents is 1. The van der Waals surface area contributed by atoms with E-state index in [1.165, 1.54) is 0 Å². The average Bonchev–Trinajstić information content (AvgIpc) is 3.14. The number of hydrogen-bond donors (Lipinski definition) is 1. The molecule has 15 heteroatoms.